The van der Waals surface area contributed by atoms with E-state index in [9.17, 15) is 9.18 Å². The van der Waals surface area contributed by atoms with Crippen LogP contribution in [0.4, 0.5) is 4.39 Å². The molecule has 0 radical (unpaired) electrons. The zero-order chi connectivity index (χ0) is 21.0. The van der Waals surface area contributed by atoms with Crippen molar-refractivity contribution in [1.29, 1.82) is 0 Å². The van der Waals surface area contributed by atoms with E-state index >= 15 is 0 Å². The Kier molecular flexibility index (Phi) is 6.81. The van der Waals surface area contributed by atoms with Crippen molar-refractivity contribution in [2.45, 2.75) is 33.4 Å². The molecule has 3 rings (SSSR count). The Bertz CT molecular complexity index is 818. The molecule has 1 aliphatic heterocycles. The molecule has 0 N–H and O–H groups in total. The van der Waals surface area contributed by atoms with Crippen LogP contribution in [0.3, 0.4) is 0 Å². The minimum Gasteiger partial charge on any atom is -0.484 e. The summed E-state index contributed by atoms with van der Waals surface area (Å²) in [6.45, 7) is 9.40. The molecule has 1 fully saturated rings. The number of carbonyl (C=O) groups excluding carboxylic acids is 1. The lowest BCUT2D eigenvalue weighted by Gasteiger charge is -2.47. The maximum Gasteiger partial charge on any atom is 0.260 e. The molecule has 1 aliphatic rings. The van der Waals surface area contributed by atoms with Gasteiger partial charge in [0, 0.05) is 37.2 Å². The van der Waals surface area contributed by atoms with E-state index in [0.717, 1.165) is 25.2 Å². The highest BCUT2D eigenvalue weighted by Gasteiger charge is 2.37. The number of rotatable bonds is 5. The predicted octanol–water partition coefficient (Wildman–Crippen LogP) is 4.62. The third kappa shape index (κ3) is 5.94. The fourth-order valence-electron chi connectivity index (χ4n) is 3.63. The summed E-state index contributed by atoms with van der Waals surface area (Å²) >= 11 is 5.89. The highest BCUT2D eigenvalue weighted by atomic mass is 35.5. The molecule has 0 spiro atoms. The van der Waals surface area contributed by atoms with Crippen LogP contribution in [-0.2, 0) is 11.3 Å². The average molecular weight is 419 g/mol. The normalized spacial score (nSPS) is 18.0. The Labute approximate surface area is 177 Å². The molecule has 1 amide bonds. The Hall–Kier alpha value is -2.11. The smallest absolute Gasteiger partial charge is 0.260 e. The second kappa shape index (κ2) is 9.14. The number of carbonyl (C=O) groups is 1. The third-order valence-electron chi connectivity index (χ3n) is 5.28. The molecule has 0 saturated carbocycles. The first-order valence-electron chi connectivity index (χ1n) is 9.87. The highest BCUT2D eigenvalue weighted by molar-refractivity contribution is 6.30. The first-order chi connectivity index (χ1) is 13.7. The van der Waals surface area contributed by atoms with Crippen LogP contribution in [-0.4, -0.2) is 48.0 Å². The first-order valence-corrected chi connectivity index (χ1v) is 10.2. The Balaban J connectivity index is 1.63. The monoisotopic (exact) mass is 418 g/mol. The van der Waals surface area contributed by atoms with Gasteiger partial charge in [0.05, 0.1) is 0 Å². The summed E-state index contributed by atoms with van der Waals surface area (Å²) in [5.74, 6) is 0.392. The molecular weight excluding hydrogens is 391 g/mol. The lowest BCUT2D eigenvalue weighted by Crippen LogP contribution is -2.60. The molecule has 2 aromatic rings. The van der Waals surface area contributed by atoms with Gasteiger partial charge in [0.2, 0.25) is 0 Å². The average Bonchev–Trinajstić information content (AvgIpc) is 2.68. The van der Waals surface area contributed by atoms with Gasteiger partial charge in [0.15, 0.2) is 6.61 Å². The summed E-state index contributed by atoms with van der Waals surface area (Å²) < 4.78 is 18.8. The zero-order valence-corrected chi connectivity index (χ0v) is 18.0. The van der Waals surface area contributed by atoms with E-state index in [1.54, 1.807) is 24.3 Å². The van der Waals surface area contributed by atoms with Crippen molar-refractivity contribution in [3.8, 4) is 5.75 Å². The minimum absolute atomic E-state index is 0.00613. The predicted molar refractivity (Wildman–Crippen MR) is 114 cm³/mol. The van der Waals surface area contributed by atoms with E-state index < -0.39 is 0 Å². The number of ether oxygens (including phenoxy) is 1. The summed E-state index contributed by atoms with van der Waals surface area (Å²) in [4.78, 5) is 17.2. The van der Waals surface area contributed by atoms with Crippen molar-refractivity contribution >= 4 is 17.5 Å². The lowest BCUT2D eigenvalue weighted by molar-refractivity contribution is -0.142. The summed E-state index contributed by atoms with van der Waals surface area (Å²) in [6, 6.07) is 13.7. The maximum absolute atomic E-state index is 13.2. The molecule has 0 aliphatic carbocycles. The van der Waals surface area contributed by atoms with Crippen molar-refractivity contribution in [3.63, 3.8) is 0 Å². The molecule has 156 valence electrons. The van der Waals surface area contributed by atoms with E-state index in [1.165, 1.54) is 12.1 Å². The quantitative estimate of drug-likeness (QED) is 0.710. The largest absolute Gasteiger partial charge is 0.484 e. The van der Waals surface area contributed by atoms with Crippen LogP contribution in [0.5, 0.6) is 5.75 Å². The molecular formula is C23H28ClFN2O2. The van der Waals surface area contributed by atoms with Crippen LogP contribution >= 0.6 is 11.6 Å². The lowest BCUT2D eigenvalue weighted by atomic mass is 9.84. The fraction of sp³-hybridized carbons (Fsp3) is 0.435. The van der Waals surface area contributed by atoms with Gasteiger partial charge in [0.25, 0.3) is 5.91 Å². The van der Waals surface area contributed by atoms with Crippen LogP contribution < -0.4 is 4.74 Å². The summed E-state index contributed by atoms with van der Waals surface area (Å²) in [5.41, 5.74) is 1.00. The topological polar surface area (TPSA) is 32.8 Å². The van der Waals surface area contributed by atoms with Crippen LogP contribution in [0.2, 0.25) is 5.02 Å². The number of hydrogen-bond acceptors (Lipinski definition) is 3. The number of halogens is 2. The van der Waals surface area contributed by atoms with Crippen LogP contribution in [0, 0.1) is 11.2 Å². The van der Waals surface area contributed by atoms with E-state index in [1.807, 2.05) is 17.0 Å². The van der Waals surface area contributed by atoms with E-state index in [4.69, 9.17) is 16.3 Å². The van der Waals surface area contributed by atoms with Crippen molar-refractivity contribution in [2.75, 3.05) is 26.2 Å². The number of nitrogens with zero attached hydrogens (tertiary/aromatic N) is 2. The van der Waals surface area contributed by atoms with Gasteiger partial charge in [-0.15, -0.1) is 0 Å². The molecule has 0 aromatic heterocycles. The number of amides is 1. The summed E-state index contributed by atoms with van der Waals surface area (Å²) in [7, 11) is 0. The van der Waals surface area contributed by atoms with Gasteiger partial charge in [0.1, 0.15) is 11.6 Å². The van der Waals surface area contributed by atoms with E-state index in [0.29, 0.717) is 17.3 Å². The highest BCUT2D eigenvalue weighted by Crippen LogP contribution is 2.29. The number of piperazine rings is 1. The second-order valence-electron chi connectivity index (χ2n) is 8.57. The van der Waals surface area contributed by atoms with E-state index in [2.05, 4.69) is 25.7 Å². The molecule has 1 atom stereocenters. The van der Waals surface area contributed by atoms with Crippen molar-refractivity contribution in [3.05, 3.63) is 64.9 Å². The number of hydrogen-bond donors (Lipinski definition) is 0. The van der Waals surface area contributed by atoms with Gasteiger partial charge < -0.3 is 9.64 Å². The molecule has 1 heterocycles. The summed E-state index contributed by atoms with van der Waals surface area (Å²) in [6.07, 6.45) is 0. The molecule has 6 heteroatoms. The Morgan fingerprint density at radius 3 is 2.38 bits per heavy atom. The maximum atomic E-state index is 13.2. The second-order valence-corrected chi connectivity index (χ2v) is 9.01. The molecule has 0 bridgehead atoms. The first kappa shape index (κ1) is 21.6. The van der Waals surface area contributed by atoms with Crippen molar-refractivity contribution in [2.24, 2.45) is 5.41 Å². The molecule has 1 saturated heterocycles. The molecule has 4 nitrogen and oxygen atoms in total. The Morgan fingerprint density at radius 2 is 1.76 bits per heavy atom. The standard InChI is InChI=1S/C23H28ClFN2O2/c1-23(2,3)21-15-26(14-17-4-8-19(25)9-5-17)12-13-27(21)22(28)16-29-20-10-6-18(24)7-11-20/h4-11,21H,12-16H2,1-3H3. The molecule has 29 heavy (non-hydrogen) atoms. The van der Waals surface area contributed by atoms with Gasteiger partial charge in [-0.05, 0) is 47.4 Å². The van der Waals surface area contributed by atoms with Gasteiger partial charge in [-0.25, -0.2) is 4.39 Å². The number of benzene rings is 2. The SMILES string of the molecule is CC(C)(C)C1CN(Cc2ccc(F)cc2)CCN1C(=O)COc1ccc(Cl)cc1. The third-order valence-corrected chi connectivity index (χ3v) is 5.53. The Morgan fingerprint density at radius 1 is 1.10 bits per heavy atom. The summed E-state index contributed by atoms with van der Waals surface area (Å²) in [5, 5.41) is 0.633. The fourth-order valence-corrected chi connectivity index (χ4v) is 3.76. The molecule has 2 aromatic carbocycles. The van der Waals surface area contributed by atoms with Crippen LogP contribution in [0.1, 0.15) is 26.3 Å². The molecule has 1 unspecified atom stereocenters. The minimum atomic E-state index is -0.225. The van der Waals surface area contributed by atoms with Crippen LogP contribution in [0.15, 0.2) is 48.5 Å². The van der Waals surface area contributed by atoms with Crippen LogP contribution in [0.25, 0.3) is 0 Å². The van der Waals surface area contributed by atoms with Gasteiger partial charge in [-0.3, -0.25) is 9.69 Å². The van der Waals surface area contributed by atoms with E-state index in [-0.39, 0.29) is 29.8 Å². The van der Waals surface area contributed by atoms with Gasteiger partial charge in [-0.1, -0.05) is 44.5 Å². The van der Waals surface area contributed by atoms with Gasteiger partial charge in [-0.2, -0.15) is 0 Å². The van der Waals surface area contributed by atoms with Crippen molar-refractivity contribution in [1.82, 2.24) is 9.80 Å². The van der Waals surface area contributed by atoms with Gasteiger partial charge >= 0.3 is 0 Å². The zero-order valence-electron chi connectivity index (χ0n) is 17.2. The van der Waals surface area contributed by atoms with Crippen molar-refractivity contribution < 1.29 is 13.9 Å².